The highest BCUT2D eigenvalue weighted by Gasteiger charge is 2.38. The molecule has 0 aromatic heterocycles. The van der Waals surface area contributed by atoms with Gasteiger partial charge in [0, 0.05) is 25.6 Å². The molecule has 27 heavy (non-hydrogen) atoms. The minimum atomic E-state index is -0.778. The molecule has 1 aromatic rings. The third-order valence-corrected chi connectivity index (χ3v) is 5.01. The number of hydrogen-bond donors (Lipinski definition) is 0. The highest BCUT2D eigenvalue weighted by atomic mass is 16.7. The van der Waals surface area contributed by atoms with Crippen molar-refractivity contribution in [2.24, 2.45) is 16.9 Å². The fourth-order valence-corrected chi connectivity index (χ4v) is 3.41. The molecule has 2 atom stereocenters. The molecule has 0 bridgehead atoms. The van der Waals surface area contributed by atoms with Gasteiger partial charge in [-0.2, -0.15) is 0 Å². The van der Waals surface area contributed by atoms with E-state index in [-0.39, 0.29) is 11.9 Å². The SMILES string of the molecule is Cc1ccc(OC(=O)N2CCN(CC3COCC3C)C2=N[N+](=O)[O-])c(C)c1. The van der Waals surface area contributed by atoms with Gasteiger partial charge in [-0.05, 0) is 31.4 Å². The first-order valence-corrected chi connectivity index (χ1v) is 8.97. The van der Waals surface area contributed by atoms with Crippen molar-refractivity contribution in [3.8, 4) is 5.75 Å². The Morgan fingerprint density at radius 1 is 1.37 bits per heavy atom. The summed E-state index contributed by atoms with van der Waals surface area (Å²) in [6, 6.07) is 5.48. The number of benzene rings is 1. The zero-order chi connectivity index (χ0) is 19.6. The van der Waals surface area contributed by atoms with E-state index in [9.17, 15) is 14.9 Å². The number of nitrogens with zero attached hydrogens (tertiary/aromatic N) is 4. The molecule has 0 aliphatic carbocycles. The summed E-state index contributed by atoms with van der Waals surface area (Å²) in [6.07, 6.45) is -0.666. The Labute approximate surface area is 157 Å². The van der Waals surface area contributed by atoms with Gasteiger partial charge in [0.05, 0.1) is 13.2 Å². The summed E-state index contributed by atoms with van der Waals surface area (Å²) < 4.78 is 10.9. The van der Waals surface area contributed by atoms with E-state index in [1.165, 1.54) is 4.90 Å². The molecule has 0 spiro atoms. The summed E-state index contributed by atoms with van der Waals surface area (Å²) in [5.74, 6) is 1.06. The number of carbonyl (C=O) groups is 1. The van der Waals surface area contributed by atoms with Gasteiger partial charge < -0.3 is 14.4 Å². The van der Waals surface area contributed by atoms with Gasteiger partial charge in [-0.25, -0.2) is 19.8 Å². The molecule has 2 aliphatic rings. The standard InChI is InChI=1S/C18H24N4O5/c1-12-4-5-16(13(2)8-12)27-18(23)21-7-6-20(17(21)19-22(24)25)9-15-11-26-10-14(15)3/h4-5,8,14-15H,6-7,9-11H2,1-3H3. The number of amides is 1. The van der Waals surface area contributed by atoms with Gasteiger partial charge >= 0.3 is 6.09 Å². The van der Waals surface area contributed by atoms with Gasteiger partial charge in [0.25, 0.3) is 5.96 Å². The van der Waals surface area contributed by atoms with Crippen molar-refractivity contribution in [1.29, 1.82) is 0 Å². The van der Waals surface area contributed by atoms with Crippen LogP contribution >= 0.6 is 0 Å². The van der Waals surface area contributed by atoms with Gasteiger partial charge in [0.1, 0.15) is 10.9 Å². The Hall–Kier alpha value is -2.68. The molecule has 2 heterocycles. The highest BCUT2D eigenvalue weighted by molar-refractivity contribution is 5.96. The summed E-state index contributed by atoms with van der Waals surface area (Å²) >= 11 is 0. The maximum Gasteiger partial charge on any atom is 0.422 e. The first-order valence-electron chi connectivity index (χ1n) is 8.97. The lowest BCUT2D eigenvalue weighted by atomic mass is 9.98. The molecule has 2 unspecified atom stereocenters. The van der Waals surface area contributed by atoms with Gasteiger partial charge in [0.2, 0.25) is 0 Å². The molecule has 0 saturated carbocycles. The van der Waals surface area contributed by atoms with Gasteiger partial charge in [-0.15, -0.1) is 0 Å². The van der Waals surface area contributed by atoms with Gasteiger partial charge in [0.15, 0.2) is 5.03 Å². The quantitative estimate of drug-likeness (QED) is 0.590. The van der Waals surface area contributed by atoms with Crippen LogP contribution in [-0.2, 0) is 4.74 Å². The summed E-state index contributed by atoms with van der Waals surface area (Å²) in [6.45, 7) is 8.49. The van der Waals surface area contributed by atoms with Crippen LogP contribution in [0, 0.1) is 35.8 Å². The molecule has 9 heteroatoms. The van der Waals surface area contributed by atoms with Crippen LogP contribution in [0.15, 0.2) is 23.3 Å². The molecule has 146 valence electrons. The Balaban J connectivity index is 1.75. The second-order valence-electron chi connectivity index (χ2n) is 7.15. The molecule has 0 radical (unpaired) electrons. The van der Waals surface area contributed by atoms with E-state index in [4.69, 9.17) is 9.47 Å². The van der Waals surface area contributed by atoms with Crippen LogP contribution in [0.1, 0.15) is 18.1 Å². The average Bonchev–Trinajstić information content (AvgIpc) is 3.17. The van der Waals surface area contributed by atoms with Crippen LogP contribution in [0.5, 0.6) is 5.75 Å². The van der Waals surface area contributed by atoms with E-state index < -0.39 is 11.1 Å². The molecule has 3 rings (SSSR count). The summed E-state index contributed by atoms with van der Waals surface area (Å²) in [5, 5.41) is 13.7. The molecular formula is C18H24N4O5. The van der Waals surface area contributed by atoms with Crippen molar-refractivity contribution in [3.05, 3.63) is 39.4 Å². The zero-order valence-electron chi connectivity index (χ0n) is 15.8. The molecule has 0 N–H and O–H groups in total. The predicted octanol–water partition coefficient (Wildman–Crippen LogP) is 2.25. The van der Waals surface area contributed by atoms with Crippen LogP contribution in [0.3, 0.4) is 0 Å². The fourth-order valence-electron chi connectivity index (χ4n) is 3.41. The molecule has 2 saturated heterocycles. The number of rotatable bonds is 4. The fraction of sp³-hybridized carbons (Fsp3) is 0.556. The normalized spacial score (nSPS) is 23.9. The van der Waals surface area contributed by atoms with E-state index in [1.54, 1.807) is 11.0 Å². The lowest BCUT2D eigenvalue weighted by Gasteiger charge is -2.23. The minimum absolute atomic E-state index is 0.0221. The average molecular weight is 376 g/mol. The van der Waals surface area contributed by atoms with Crippen LogP contribution in [0.2, 0.25) is 0 Å². The van der Waals surface area contributed by atoms with Gasteiger partial charge in [-0.1, -0.05) is 24.6 Å². The van der Waals surface area contributed by atoms with Crippen molar-refractivity contribution < 1.29 is 19.3 Å². The van der Waals surface area contributed by atoms with Crippen LogP contribution in [-0.4, -0.2) is 59.7 Å². The molecule has 2 aliphatic heterocycles. The Morgan fingerprint density at radius 2 is 2.15 bits per heavy atom. The largest absolute Gasteiger partial charge is 0.422 e. The van der Waals surface area contributed by atoms with Crippen molar-refractivity contribution in [2.45, 2.75) is 20.8 Å². The summed E-state index contributed by atoms with van der Waals surface area (Å²) in [5.41, 5.74) is 1.88. The van der Waals surface area contributed by atoms with Crippen molar-refractivity contribution in [3.63, 3.8) is 0 Å². The Morgan fingerprint density at radius 3 is 2.78 bits per heavy atom. The maximum absolute atomic E-state index is 12.6. The van der Waals surface area contributed by atoms with Crippen LogP contribution in [0.25, 0.3) is 0 Å². The van der Waals surface area contributed by atoms with Crippen molar-refractivity contribution in [2.75, 3.05) is 32.8 Å². The zero-order valence-corrected chi connectivity index (χ0v) is 15.8. The maximum atomic E-state index is 12.6. The van der Waals surface area contributed by atoms with E-state index in [1.807, 2.05) is 26.0 Å². The molecule has 2 fully saturated rings. The smallest absolute Gasteiger partial charge is 0.410 e. The molecule has 1 aromatic carbocycles. The number of aryl methyl sites for hydroxylation is 2. The van der Waals surface area contributed by atoms with E-state index in [0.717, 1.165) is 11.1 Å². The van der Waals surface area contributed by atoms with Crippen molar-refractivity contribution >= 4 is 12.1 Å². The number of ether oxygens (including phenoxy) is 2. The molecular weight excluding hydrogens is 352 g/mol. The number of carbonyl (C=O) groups excluding carboxylic acids is 1. The Kier molecular flexibility index (Phi) is 5.59. The lowest BCUT2D eigenvalue weighted by Crippen LogP contribution is -2.42. The third kappa shape index (κ3) is 4.36. The number of hydrazone groups is 1. The highest BCUT2D eigenvalue weighted by Crippen LogP contribution is 2.24. The first-order chi connectivity index (χ1) is 12.8. The summed E-state index contributed by atoms with van der Waals surface area (Å²) in [4.78, 5) is 26.6. The van der Waals surface area contributed by atoms with E-state index >= 15 is 0 Å². The first kappa shape index (κ1) is 19.1. The third-order valence-electron chi connectivity index (χ3n) is 5.01. The monoisotopic (exact) mass is 376 g/mol. The summed E-state index contributed by atoms with van der Waals surface area (Å²) in [7, 11) is 0. The number of nitro groups is 1. The topological polar surface area (TPSA) is 97.5 Å². The minimum Gasteiger partial charge on any atom is -0.410 e. The van der Waals surface area contributed by atoms with Crippen LogP contribution < -0.4 is 4.74 Å². The van der Waals surface area contributed by atoms with Gasteiger partial charge in [-0.3, -0.25) is 0 Å². The molecule has 9 nitrogen and oxygen atoms in total. The van der Waals surface area contributed by atoms with E-state index in [2.05, 4.69) is 12.0 Å². The lowest BCUT2D eigenvalue weighted by molar-refractivity contribution is -0.486. The number of guanidine groups is 1. The Bertz CT molecular complexity index is 766. The van der Waals surface area contributed by atoms with E-state index in [0.29, 0.717) is 44.5 Å². The predicted molar refractivity (Wildman–Crippen MR) is 98.1 cm³/mol. The second-order valence-corrected chi connectivity index (χ2v) is 7.15. The van der Waals surface area contributed by atoms with Crippen molar-refractivity contribution in [1.82, 2.24) is 9.80 Å². The molecule has 1 amide bonds. The second kappa shape index (κ2) is 7.91. The number of hydrogen-bond acceptors (Lipinski definition) is 5. The van der Waals surface area contributed by atoms with Crippen LogP contribution in [0.4, 0.5) is 4.79 Å².